The van der Waals surface area contributed by atoms with E-state index in [2.05, 4.69) is 25.2 Å². The van der Waals surface area contributed by atoms with E-state index >= 15 is 0 Å². The molecule has 2 aliphatic heterocycles. The highest BCUT2D eigenvalue weighted by molar-refractivity contribution is 6.33. The number of carbonyl (C=O) groups excluding carboxylic acids is 1. The molecule has 0 saturated carbocycles. The maximum absolute atomic E-state index is 13.0. The third-order valence-electron chi connectivity index (χ3n) is 7.84. The number of ether oxygens (including phenoxy) is 2. The minimum Gasteiger partial charge on any atom is -0.483 e. The molecule has 0 aliphatic carbocycles. The van der Waals surface area contributed by atoms with Crippen molar-refractivity contribution in [2.75, 3.05) is 43.0 Å². The van der Waals surface area contributed by atoms with Gasteiger partial charge < -0.3 is 40.5 Å². The zero-order valence-electron chi connectivity index (χ0n) is 23.8. The molecule has 4 aromatic rings. The number of carboxylic acids is 1. The van der Waals surface area contributed by atoms with E-state index in [9.17, 15) is 19.8 Å². The van der Waals surface area contributed by atoms with E-state index in [0.717, 1.165) is 5.69 Å². The number of anilines is 2. The fourth-order valence-corrected chi connectivity index (χ4v) is 5.90. The molecule has 236 valence electrons. The van der Waals surface area contributed by atoms with Crippen LogP contribution in [-0.4, -0.2) is 97.5 Å². The maximum atomic E-state index is 13.0. The van der Waals surface area contributed by atoms with Gasteiger partial charge in [0.15, 0.2) is 35.9 Å². The van der Waals surface area contributed by atoms with E-state index in [1.807, 2.05) is 24.3 Å². The number of hydrogen-bond acceptors (Lipinski definition) is 11. The molecule has 2 fully saturated rings. The van der Waals surface area contributed by atoms with Gasteiger partial charge in [-0.25, -0.2) is 19.7 Å². The van der Waals surface area contributed by atoms with E-state index in [0.29, 0.717) is 64.5 Å². The van der Waals surface area contributed by atoms with Gasteiger partial charge in [-0.1, -0.05) is 35.3 Å². The van der Waals surface area contributed by atoms with Crippen LogP contribution >= 0.6 is 23.2 Å². The van der Waals surface area contributed by atoms with E-state index in [1.54, 1.807) is 23.1 Å². The number of amides is 1. The lowest BCUT2D eigenvalue weighted by Gasteiger charge is -2.36. The highest BCUT2D eigenvalue weighted by Crippen LogP contribution is 2.32. The van der Waals surface area contributed by atoms with Crippen molar-refractivity contribution in [3.8, 4) is 5.75 Å². The Morgan fingerprint density at radius 3 is 2.60 bits per heavy atom. The number of benzene rings is 2. The summed E-state index contributed by atoms with van der Waals surface area (Å²) in [5.41, 5.74) is 8.15. The van der Waals surface area contributed by atoms with Crippen molar-refractivity contribution in [2.24, 2.45) is 5.73 Å². The Bertz CT molecular complexity index is 1720. The summed E-state index contributed by atoms with van der Waals surface area (Å²) >= 11 is 12.6. The smallest absolute Gasteiger partial charge is 0.334 e. The highest BCUT2D eigenvalue weighted by atomic mass is 35.5. The zero-order valence-corrected chi connectivity index (χ0v) is 25.3. The molecule has 0 bridgehead atoms. The summed E-state index contributed by atoms with van der Waals surface area (Å²) in [5.74, 6) is -0.569. The number of halogens is 2. The summed E-state index contributed by atoms with van der Waals surface area (Å²) in [6.45, 7) is 2.48. The molecule has 4 heterocycles. The van der Waals surface area contributed by atoms with Crippen molar-refractivity contribution in [3.05, 3.63) is 70.7 Å². The molecule has 5 N–H and O–H groups in total. The Hall–Kier alpha value is -4.21. The summed E-state index contributed by atoms with van der Waals surface area (Å²) in [5, 5.41) is 24.3. The Labute approximate surface area is 267 Å². The molecule has 45 heavy (non-hydrogen) atoms. The Morgan fingerprint density at radius 2 is 1.87 bits per heavy atom. The molecule has 0 radical (unpaired) electrons. The molecule has 4 unspecified atom stereocenters. The molecule has 2 aromatic heterocycles. The number of nitrogens with zero attached hydrogens (tertiary/aromatic N) is 6. The van der Waals surface area contributed by atoms with Crippen LogP contribution in [0.4, 0.5) is 11.5 Å². The van der Waals surface area contributed by atoms with Gasteiger partial charge in [0.25, 0.3) is 5.91 Å². The number of para-hydroxylation sites is 1. The van der Waals surface area contributed by atoms with Gasteiger partial charge in [0, 0.05) is 43.3 Å². The number of hydrogen-bond donors (Lipinski definition) is 4. The van der Waals surface area contributed by atoms with Crippen LogP contribution in [-0.2, 0) is 20.9 Å². The van der Waals surface area contributed by atoms with Crippen molar-refractivity contribution in [3.63, 3.8) is 0 Å². The van der Waals surface area contributed by atoms with Gasteiger partial charge >= 0.3 is 5.97 Å². The predicted octanol–water partition coefficient (Wildman–Crippen LogP) is 2.14. The maximum Gasteiger partial charge on any atom is 0.334 e. The second-order valence-electron chi connectivity index (χ2n) is 10.6. The fraction of sp³-hybridized carbons (Fsp3) is 0.345. The minimum atomic E-state index is -1.38. The normalized spacial score (nSPS) is 21.7. The van der Waals surface area contributed by atoms with Crippen LogP contribution in [0.5, 0.6) is 5.75 Å². The molecule has 2 saturated heterocycles. The zero-order chi connectivity index (χ0) is 31.7. The molecule has 14 nitrogen and oxygen atoms in total. The average molecular weight is 658 g/mol. The quantitative estimate of drug-likeness (QED) is 0.206. The van der Waals surface area contributed by atoms with Crippen LogP contribution in [0.2, 0.25) is 10.0 Å². The van der Waals surface area contributed by atoms with E-state index in [1.165, 1.54) is 17.2 Å². The van der Waals surface area contributed by atoms with Crippen LogP contribution in [0.1, 0.15) is 11.8 Å². The summed E-state index contributed by atoms with van der Waals surface area (Å²) < 4.78 is 12.9. The largest absolute Gasteiger partial charge is 0.483 e. The Kier molecular flexibility index (Phi) is 8.92. The Balaban J connectivity index is 1.10. The molecule has 0 spiro atoms. The second-order valence-corrected chi connectivity index (χ2v) is 11.5. The van der Waals surface area contributed by atoms with Gasteiger partial charge in [0.05, 0.1) is 23.1 Å². The molecular weight excluding hydrogens is 627 g/mol. The van der Waals surface area contributed by atoms with E-state index < -0.39 is 30.4 Å². The number of aromatic nitrogens is 4. The summed E-state index contributed by atoms with van der Waals surface area (Å²) in [7, 11) is 0. The number of aliphatic hydroxyl groups is 1. The minimum absolute atomic E-state index is 0.133. The highest BCUT2D eigenvalue weighted by Gasteiger charge is 2.46. The topological polar surface area (TPSA) is 181 Å². The standard InChI is InChI=1S/C29H30Cl2N8O6/c30-17-5-6-20(44-13-21(40)38-9-7-37(8-10-38)19-4-2-1-3-18(19)31)16(11-17)12-33-26-23-27(35-14-34-26)39(15-36-23)28-24(41)22(32)25(45-28)29(42)43/h1-6,11,14-15,22,24-25,28,41H,7-10,12-13,32H2,(H,42,43)(H,33,34,35). The number of rotatable bonds is 9. The predicted molar refractivity (Wildman–Crippen MR) is 165 cm³/mol. The van der Waals surface area contributed by atoms with Crippen molar-refractivity contribution >= 4 is 57.7 Å². The SMILES string of the molecule is NC1C(C(=O)O)OC(n2cnc3c(NCc4cc(Cl)ccc4OCC(=O)N4CCN(c5ccccc5Cl)CC4)ncnc32)C1O. The molecule has 16 heteroatoms. The second kappa shape index (κ2) is 13.0. The van der Waals surface area contributed by atoms with Crippen LogP contribution in [0.3, 0.4) is 0 Å². The lowest BCUT2D eigenvalue weighted by molar-refractivity contribution is -0.152. The van der Waals surface area contributed by atoms with Gasteiger partial charge in [0.2, 0.25) is 0 Å². The fourth-order valence-electron chi connectivity index (χ4n) is 5.45. The number of imidazole rings is 1. The first-order valence-electron chi connectivity index (χ1n) is 14.1. The summed E-state index contributed by atoms with van der Waals surface area (Å²) in [6, 6.07) is 11.6. The summed E-state index contributed by atoms with van der Waals surface area (Å²) in [4.78, 5) is 41.3. The van der Waals surface area contributed by atoms with Gasteiger partial charge in [-0.05, 0) is 30.3 Å². The van der Waals surface area contributed by atoms with Gasteiger partial charge in [-0.3, -0.25) is 9.36 Å². The first kappa shape index (κ1) is 30.8. The molecule has 4 atom stereocenters. The van der Waals surface area contributed by atoms with Gasteiger partial charge in [-0.2, -0.15) is 0 Å². The van der Waals surface area contributed by atoms with Crippen LogP contribution in [0.15, 0.2) is 55.1 Å². The number of fused-ring (bicyclic) bond motifs is 1. The third-order valence-corrected chi connectivity index (χ3v) is 8.40. The first-order valence-corrected chi connectivity index (χ1v) is 14.9. The van der Waals surface area contributed by atoms with E-state index in [4.69, 9.17) is 38.4 Å². The number of carboxylic acid groups (broad SMARTS) is 1. The van der Waals surface area contributed by atoms with Crippen LogP contribution in [0.25, 0.3) is 11.2 Å². The first-order chi connectivity index (χ1) is 21.7. The molecule has 2 aliphatic rings. The van der Waals surface area contributed by atoms with Crippen molar-refractivity contribution in [1.82, 2.24) is 24.4 Å². The molecule has 6 rings (SSSR count). The molecular formula is C29H30Cl2N8O6. The van der Waals surface area contributed by atoms with Crippen molar-refractivity contribution < 1.29 is 29.3 Å². The third kappa shape index (κ3) is 6.32. The van der Waals surface area contributed by atoms with E-state index in [-0.39, 0.29) is 19.1 Å². The number of nitrogens with two attached hydrogens (primary N) is 1. The number of nitrogens with one attached hydrogen (secondary N) is 1. The number of aliphatic carboxylic acids is 1. The number of carbonyl (C=O) groups is 2. The molecule has 2 aromatic carbocycles. The lowest BCUT2D eigenvalue weighted by Crippen LogP contribution is -2.50. The summed E-state index contributed by atoms with van der Waals surface area (Å²) in [6.07, 6.45) is -1.09. The van der Waals surface area contributed by atoms with Gasteiger partial charge in [-0.15, -0.1) is 0 Å². The average Bonchev–Trinajstić information content (AvgIpc) is 3.60. The Morgan fingerprint density at radius 1 is 1.09 bits per heavy atom. The van der Waals surface area contributed by atoms with Crippen LogP contribution < -0.4 is 20.7 Å². The number of piperazine rings is 1. The van der Waals surface area contributed by atoms with Crippen molar-refractivity contribution in [1.29, 1.82) is 0 Å². The lowest BCUT2D eigenvalue weighted by atomic mass is 10.1. The van der Waals surface area contributed by atoms with Crippen LogP contribution in [0, 0.1) is 0 Å². The number of aliphatic hydroxyl groups excluding tert-OH is 1. The van der Waals surface area contributed by atoms with Gasteiger partial charge in [0.1, 0.15) is 18.2 Å². The molecule has 1 amide bonds. The van der Waals surface area contributed by atoms with Crippen molar-refractivity contribution in [2.45, 2.75) is 31.0 Å². The monoisotopic (exact) mass is 656 g/mol.